The molecule has 18 heavy (non-hydrogen) atoms. The predicted octanol–water partition coefficient (Wildman–Crippen LogP) is 2.63. The van der Waals surface area contributed by atoms with Crippen LogP contribution in [0.15, 0.2) is 24.3 Å². The lowest BCUT2D eigenvalue weighted by atomic mass is 10.3. The molecule has 1 rings (SSSR count). The molecule has 5 heteroatoms. The van der Waals surface area contributed by atoms with Crippen molar-refractivity contribution in [2.24, 2.45) is 0 Å². The zero-order chi connectivity index (χ0) is 14.1. The zero-order valence-corrected chi connectivity index (χ0v) is 10.9. The molecule has 1 aliphatic rings. The number of aliphatic carboxylic acids is 1. The Morgan fingerprint density at radius 1 is 1.11 bits per heavy atom. The molecule has 1 aliphatic carbocycles. The smallest absolute Gasteiger partial charge is 0.368 e. The summed E-state index contributed by atoms with van der Waals surface area (Å²) >= 11 is 0. The molecule has 0 bridgehead atoms. The first kappa shape index (κ1) is 16.4. The van der Waals surface area contributed by atoms with E-state index < -0.39 is 11.9 Å². The number of carbonyl (C=O) groups is 2. The Hall–Kier alpha value is -1.62. The van der Waals surface area contributed by atoms with Crippen molar-refractivity contribution in [3.63, 3.8) is 0 Å². The second-order valence-electron chi connectivity index (χ2n) is 4.24. The lowest BCUT2D eigenvalue weighted by Crippen LogP contribution is -2.13. The van der Waals surface area contributed by atoms with Crippen LogP contribution in [0.4, 0.5) is 0 Å². The van der Waals surface area contributed by atoms with Crippen LogP contribution in [0.5, 0.6) is 0 Å². The van der Waals surface area contributed by atoms with E-state index in [4.69, 9.17) is 9.99 Å². The molecule has 0 radical (unpaired) electrons. The summed E-state index contributed by atoms with van der Waals surface area (Å²) in [5.74, 6) is -1.41. The van der Waals surface area contributed by atoms with Crippen molar-refractivity contribution >= 4 is 11.9 Å². The first-order chi connectivity index (χ1) is 8.34. The molecule has 0 aliphatic heterocycles. The Balaban J connectivity index is 0.000000411. The minimum Gasteiger partial charge on any atom is -0.478 e. The first-order valence-electron chi connectivity index (χ1n) is 5.76. The number of carboxylic acid groups (broad SMARTS) is 1. The van der Waals surface area contributed by atoms with Crippen molar-refractivity contribution in [3.8, 4) is 0 Å². The first-order valence-corrected chi connectivity index (χ1v) is 5.76. The molecule has 1 saturated carbocycles. The van der Waals surface area contributed by atoms with Crippen LogP contribution in [0.2, 0.25) is 0 Å². The van der Waals surface area contributed by atoms with Crippen LogP contribution in [0.3, 0.4) is 0 Å². The van der Waals surface area contributed by atoms with E-state index in [0.29, 0.717) is 5.57 Å². The third-order valence-corrected chi connectivity index (χ3v) is 2.28. The van der Waals surface area contributed by atoms with Gasteiger partial charge in [0.2, 0.25) is 0 Å². The molecule has 0 amide bonds. The number of rotatable bonds is 4. The summed E-state index contributed by atoms with van der Waals surface area (Å²) < 4.78 is 0. The summed E-state index contributed by atoms with van der Waals surface area (Å²) in [7, 11) is 0. The van der Waals surface area contributed by atoms with Crippen LogP contribution in [0.25, 0.3) is 0 Å². The average molecular weight is 256 g/mol. The highest BCUT2D eigenvalue weighted by Crippen LogP contribution is 2.21. The van der Waals surface area contributed by atoms with Gasteiger partial charge < -0.3 is 5.11 Å². The summed E-state index contributed by atoms with van der Waals surface area (Å²) in [5.41, 5.74) is 0.544. The molecule has 0 aromatic rings. The van der Waals surface area contributed by atoms with Gasteiger partial charge in [0.25, 0.3) is 0 Å². The summed E-state index contributed by atoms with van der Waals surface area (Å²) in [4.78, 5) is 29.9. The molecule has 0 spiro atoms. The van der Waals surface area contributed by atoms with Gasteiger partial charge >= 0.3 is 11.9 Å². The Labute approximate surface area is 107 Å². The maximum absolute atomic E-state index is 10.9. The van der Waals surface area contributed by atoms with Crippen molar-refractivity contribution in [2.75, 3.05) is 0 Å². The average Bonchev–Trinajstić information content (AvgIpc) is 2.79. The largest absolute Gasteiger partial charge is 0.478 e. The Kier molecular flexibility index (Phi) is 7.71. The van der Waals surface area contributed by atoms with Crippen LogP contribution in [-0.2, 0) is 19.4 Å². The van der Waals surface area contributed by atoms with Gasteiger partial charge in [-0.1, -0.05) is 26.0 Å². The quantitative estimate of drug-likeness (QED) is 0.475. The molecule has 0 aromatic carbocycles. The summed E-state index contributed by atoms with van der Waals surface area (Å²) in [6.07, 6.45) is 4.41. The van der Waals surface area contributed by atoms with Crippen molar-refractivity contribution in [1.29, 1.82) is 0 Å². The number of carbonyl (C=O) groups excluding carboxylic acids is 1. The number of hydrogen-bond acceptors (Lipinski definition) is 4. The van der Waals surface area contributed by atoms with Gasteiger partial charge in [-0.25, -0.2) is 9.59 Å². The molecular formula is C13H20O5. The van der Waals surface area contributed by atoms with Crippen molar-refractivity contribution in [3.05, 3.63) is 24.3 Å². The van der Waals surface area contributed by atoms with E-state index in [1.54, 1.807) is 6.92 Å². The normalized spacial score (nSPS) is 14.3. The van der Waals surface area contributed by atoms with Crippen LogP contribution in [-0.4, -0.2) is 23.1 Å². The molecule has 0 heterocycles. The minimum atomic E-state index is -0.935. The molecular weight excluding hydrogens is 236 g/mol. The third kappa shape index (κ3) is 7.62. The zero-order valence-electron chi connectivity index (χ0n) is 10.9. The fourth-order valence-corrected chi connectivity index (χ4v) is 1.17. The van der Waals surface area contributed by atoms with Crippen molar-refractivity contribution in [2.45, 2.75) is 45.6 Å². The highest BCUT2D eigenvalue weighted by molar-refractivity contribution is 5.86. The van der Waals surface area contributed by atoms with Crippen molar-refractivity contribution < 1.29 is 24.5 Å². The molecule has 0 atom stereocenters. The van der Waals surface area contributed by atoms with E-state index in [1.807, 2.05) is 0 Å². The maximum atomic E-state index is 10.9. The molecule has 1 N–H and O–H groups in total. The van der Waals surface area contributed by atoms with Gasteiger partial charge in [-0.15, -0.1) is 0 Å². The Bertz CT molecular complexity index is 314. The van der Waals surface area contributed by atoms with Gasteiger partial charge in [-0.2, -0.15) is 4.89 Å². The van der Waals surface area contributed by atoms with Gasteiger partial charge in [0, 0.05) is 11.1 Å². The van der Waals surface area contributed by atoms with E-state index in [-0.39, 0.29) is 11.7 Å². The minimum absolute atomic E-state index is 0.105. The van der Waals surface area contributed by atoms with Gasteiger partial charge in [0.1, 0.15) is 6.10 Å². The van der Waals surface area contributed by atoms with Gasteiger partial charge in [0.15, 0.2) is 0 Å². The van der Waals surface area contributed by atoms with Gasteiger partial charge in [0.05, 0.1) is 0 Å². The second-order valence-corrected chi connectivity index (χ2v) is 4.24. The summed E-state index contributed by atoms with van der Waals surface area (Å²) in [6.45, 7) is 9.65. The molecule has 0 saturated heterocycles. The van der Waals surface area contributed by atoms with E-state index >= 15 is 0 Å². The highest BCUT2D eigenvalue weighted by atomic mass is 17.2. The maximum Gasteiger partial charge on any atom is 0.368 e. The SMILES string of the molecule is C=C(C)C(=O)O.C=C(C)C(=O)OOC1CCCC1. The van der Waals surface area contributed by atoms with Crippen LogP contribution in [0.1, 0.15) is 39.5 Å². The van der Waals surface area contributed by atoms with Crippen LogP contribution >= 0.6 is 0 Å². The van der Waals surface area contributed by atoms with E-state index in [1.165, 1.54) is 6.92 Å². The fourth-order valence-electron chi connectivity index (χ4n) is 1.17. The van der Waals surface area contributed by atoms with E-state index in [0.717, 1.165) is 25.7 Å². The summed E-state index contributed by atoms with van der Waals surface area (Å²) in [6, 6.07) is 0. The summed E-state index contributed by atoms with van der Waals surface area (Å²) in [5, 5.41) is 7.89. The monoisotopic (exact) mass is 256 g/mol. The molecule has 102 valence electrons. The lowest BCUT2D eigenvalue weighted by molar-refractivity contribution is -0.293. The highest BCUT2D eigenvalue weighted by Gasteiger charge is 2.18. The molecule has 1 fully saturated rings. The van der Waals surface area contributed by atoms with Crippen molar-refractivity contribution in [1.82, 2.24) is 0 Å². The van der Waals surface area contributed by atoms with Crippen LogP contribution in [0, 0.1) is 0 Å². The van der Waals surface area contributed by atoms with Gasteiger partial charge in [-0.3, -0.25) is 4.89 Å². The van der Waals surface area contributed by atoms with E-state index in [9.17, 15) is 9.59 Å². The molecule has 0 unspecified atom stereocenters. The Morgan fingerprint density at radius 3 is 1.89 bits per heavy atom. The molecule has 5 nitrogen and oxygen atoms in total. The number of carboxylic acids is 1. The predicted molar refractivity (Wildman–Crippen MR) is 66.7 cm³/mol. The lowest BCUT2D eigenvalue weighted by Gasteiger charge is -2.08. The second kappa shape index (κ2) is 8.47. The van der Waals surface area contributed by atoms with E-state index in [2.05, 4.69) is 18.0 Å². The van der Waals surface area contributed by atoms with Gasteiger partial charge in [-0.05, 0) is 26.7 Å². The standard InChI is InChI=1S/C9H14O3.C4H6O2/c1-7(2)9(10)12-11-8-5-3-4-6-8;1-3(2)4(5)6/h8H,1,3-6H2,2H3;1H2,2H3,(H,5,6). The Morgan fingerprint density at radius 2 is 1.56 bits per heavy atom. The number of hydrogen-bond donors (Lipinski definition) is 1. The topological polar surface area (TPSA) is 72.8 Å². The molecule has 0 aromatic heterocycles. The third-order valence-electron chi connectivity index (χ3n) is 2.28. The van der Waals surface area contributed by atoms with Crippen LogP contribution < -0.4 is 0 Å². The fraction of sp³-hybridized carbons (Fsp3) is 0.538.